The molecular weight excluding hydrogens is 280 g/mol. The number of rotatable bonds is 5. The van der Waals surface area contributed by atoms with Gasteiger partial charge in [-0.25, -0.2) is 0 Å². The molecule has 0 saturated heterocycles. The second kappa shape index (κ2) is 5.99. The van der Waals surface area contributed by atoms with E-state index in [0.717, 1.165) is 12.1 Å². The van der Waals surface area contributed by atoms with Gasteiger partial charge in [-0.1, -0.05) is 30.4 Å². The molecular formula is C21H28N2. The van der Waals surface area contributed by atoms with E-state index in [1.807, 2.05) is 12.1 Å². The minimum Gasteiger partial charge on any atom is -0.399 e. The zero-order chi connectivity index (χ0) is 16.5. The second-order valence-electron chi connectivity index (χ2n) is 7.50. The highest BCUT2D eigenvalue weighted by Crippen LogP contribution is 2.60. The van der Waals surface area contributed by atoms with Gasteiger partial charge in [0.1, 0.15) is 0 Å². The van der Waals surface area contributed by atoms with Crippen LogP contribution >= 0.6 is 0 Å². The number of fused-ring (bicyclic) bond motifs is 3. The zero-order valence-electron chi connectivity index (χ0n) is 14.2. The van der Waals surface area contributed by atoms with Crippen LogP contribution in [0.5, 0.6) is 0 Å². The van der Waals surface area contributed by atoms with Crippen LogP contribution in [0.2, 0.25) is 0 Å². The molecule has 4 rings (SSSR count). The van der Waals surface area contributed by atoms with Crippen molar-refractivity contribution in [1.82, 2.24) is 0 Å². The number of hydrogen-bond donors (Lipinski definition) is 2. The molecule has 23 heavy (non-hydrogen) atoms. The monoisotopic (exact) mass is 308 g/mol. The predicted octanol–water partition coefficient (Wildman–Crippen LogP) is 5.40. The summed E-state index contributed by atoms with van der Waals surface area (Å²) < 4.78 is 0. The van der Waals surface area contributed by atoms with Crippen LogP contribution in [0, 0.1) is 10.8 Å². The van der Waals surface area contributed by atoms with Crippen LogP contribution < -0.4 is 5.73 Å². The SMILES string of the molecule is C=CC(=N)C/C=C(\C)C12CCC(c3ccc(N)cc3)(CC1)CC2. The van der Waals surface area contributed by atoms with Gasteiger partial charge in [-0.2, -0.15) is 0 Å². The number of nitrogens with one attached hydrogen (secondary N) is 1. The molecule has 2 bridgehead atoms. The Morgan fingerprint density at radius 3 is 2.22 bits per heavy atom. The first-order valence-electron chi connectivity index (χ1n) is 8.73. The first-order valence-corrected chi connectivity index (χ1v) is 8.73. The third kappa shape index (κ3) is 2.87. The Labute approximate surface area is 140 Å². The van der Waals surface area contributed by atoms with E-state index >= 15 is 0 Å². The average molecular weight is 308 g/mol. The van der Waals surface area contributed by atoms with E-state index in [2.05, 4.69) is 31.7 Å². The van der Waals surface area contributed by atoms with E-state index in [4.69, 9.17) is 11.1 Å². The van der Waals surface area contributed by atoms with Crippen molar-refractivity contribution in [3.63, 3.8) is 0 Å². The number of allylic oxidation sites excluding steroid dienone is 3. The predicted molar refractivity (Wildman–Crippen MR) is 99.0 cm³/mol. The fourth-order valence-electron chi connectivity index (χ4n) is 4.61. The smallest absolute Gasteiger partial charge is 0.0345 e. The maximum Gasteiger partial charge on any atom is 0.0345 e. The Balaban J connectivity index is 1.75. The molecule has 0 unspecified atom stereocenters. The Morgan fingerprint density at radius 2 is 1.70 bits per heavy atom. The van der Waals surface area contributed by atoms with Gasteiger partial charge >= 0.3 is 0 Å². The highest BCUT2D eigenvalue weighted by atomic mass is 14.6. The van der Waals surface area contributed by atoms with Crippen molar-refractivity contribution in [2.45, 2.75) is 57.3 Å². The molecule has 1 aromatic rings. The normalized spacial score (nSPS) is 30.2. The maximum absolute atomic E-state index is 7.76. The summed E-state index contributed by atoms with van der Waals surface area (Å²) in [5.41, 5.74) is 11.1. The quantitative estimate of drug-likeness (QED) is 0.427. The van der Waals surface area contributed by atoms with Crippen molar-refractivity contribution in [3.8, 4) is 0 Å². The average Bonchev–Trinajstić information content (AvgIpc) is 2.61. The molecule has 0 atom stereocenters. The van der Waals surface area contributed by atoms with Crippen LogP contribution in [-0.4, -0.2) is 5.71 Å². The molecule has 0 radical (unpaired) electrons. The van der Waals surface area contributed by atoms with Crippen molar-refractivity contribution < 1.29 is 0 Å². The Hall–Kier alpha value is -1.83. The Bertz CT molecular complexity index is 612. The lowest BCUT2D eigenvalue weighted by Gasteiger charge is -2.54. The number of nitrogen functional groups attached to an aromatic ring is 1. The van der Waals surface area contributed by atoms with Crippen molar-refractivity contribution in [2.75, 3.05) is 5.73 Å². The molecule has 0 spiro atoms. The van der Waals surface area contributed by atoms with E-state index in [0.29, 0.717) is 16.5 Å². The fourth-order valence-corrected chi connectivity index (χ4v) is 4.61. The lowest BCUT2D eigenvalue weighted by atomic mass is 9.50. The van der Waals surface area contributed by atoms with Gasteiger partial charge in [-0.15, -0.1) is 0 Å². The number of anilines is 1. The summed E-state index contributed by atoms with van der Waals surface area (Å²) in [6.45, 7) is 5.96. The first-order chi connectivity index (χ1) is 11.0. The fraction of sp³-hybridized carbons (Fsp3) is 0.476. The van der Waals surface area contributed by atoms with Gasteiger partial charge in [-0.05, 0) is 80.1 Å². The van der Waals surface area contributed by atoms with Crippen LogP contribution in [0.1, 0.15) is 57.4 Å². The van der Waals surface area contributed by atoms with Gasteiger partial charge in [0.15, 0.2) is 0 Å². The molecule has 2 heteroatoms. The zero-order valence-corrected chi connectivity index (χ0v) is 14.2. The summed E-state index contributed by atoms with van der Waals surface area (Å²) in [5, 5.41) is 7.76. The highest BCUT2D eigenvalue weighted by Gasteiger charge is 2.49. The molecule has 122 valence electrons. The molecule has 3 fully saturated rings. The minimum absolute atomic E-state index is 0.379. The van der Waals surface area contributed by atoms with Crippen molar-refractivity contribution in [3.05, 3.63) is 54.1 Å². The minimum atomic E-state index is 0.379. The molecule has 0 amide bonds. The van der Waals surface area contributed by atoms with Gasteiger partial charge in [0.05, 0.1) is 0 Å². The van der Waals surface area contributed by atoms with Crippen molar-refractivity contribution in [1.29, 1.82) is 5.41 Å². The maximum atomic E-state index is 7.76. The summed E-state index contributed by atoms with van der Waals surface area (Å²) in [6, 6.07) is 8.57. The second-order valence-corrected chi connectivity index (χ2v) is 7.50. The van der Waals surface area contributed by atoms with E-state index in [1.54, 1.807) is 6.08 Å². The van der Waals surface area contributed by atoms with E-state index in [9.17, 15) is 0 Å². The molecule has 3 aliphatic rings. The number of hydrogen-bond acceptors (Lipinski definition) is 2. The van der Waals surface area contributed by atoms with Gasteiger partial charge in [0.2, 0.25) is 0 Å². The van der Waals surface area contributed by atoms with Gasteiger partial charge < -0.3 is 11.1 Å². The van der Waals surface area contributed by atoms with Gasteiger partial charge in [-0.3, -0.25) is 0 Å². The molecule has 2 nitrogen and oxygen atoms in total. The lowest BCUT2D eigenvalue weighted by Crippen LogP contribution is -2.44. The molecule has 0 aromatic heterocycles. The van der Waals surface area contributed by atoms with Gasteiger partial charge in [0.25, 0.3) is 0 Å². The Kier molecular flexibility index (Phi) is 4.18. The first kappa shape index (κ1) is 16.0. The largest absolute Gasteiger partial charge is 0.399 e. The van der Waals surface area contributed by atoms with Crippen LogP contribution in [0.25, 0.3) is 0 Å². The third-order valence-electron chi connectivity index (χ3n) is 6.48. The topological polar surface area (TPSA) is 49.9 Å². The molecule has 3 aliphatic carbocycles. The summed E-state index contributed by atoms with van der Waals surface area (Å²) >= 11 is 0. The van der Waals surface area contributed by atoms with E-state index in [1.165, 1.54) is 49.7 Å². The van der Waals surface area contributed by atoms with Crippen LogP contribution in [0.4, 0.5) is 5.69 Å². The molecule has 3 N–H and O–H groups in total. The summed E-state index contributed by atoms with van der Waals surface area (Å²) in [5.74, 6) is 0. The highest BCUT2D eigenvalue weighted by molar-refractivity contribution is 5.92. The molecule has 0 heterocycles. The Morgan fingerprint density at radius 1 is 1.13 bits per heavy atom. The van der Waals surface area contributed by atoms with E-state index in [-0.39, 0.29) is 0 Å². The lowest BCUT2D eigenvalue weighted by molar-refractivity contribution is 0.0695. The number of benzene rings is 1. The molecule has 3 saturated carbocycles. The van der Waals surface area contributed by atoms with Crippen molar-refractivity contribution in [2.24, 2.45) is 5.41 Å². The van der Waals surface area contributed by atoms with Crippen LogP contribution in [-0.2, 0) is 5.41 Å². The third-order valence-corrected chi connectivity index (χ3v) is 6.48. The summed E-state index contributed by atoms with van der Waals surface area (Å²) in [6.07, 6.45) is 12.3. The molecule has 1 aromatic carbocycles. The van der Waals surface area contributed by atoms with Crippen LogP contribution in [0.15, 0.2) is 48.6 Å². The van der Waals surface area contributed by atoms with E-state index < -0.39 is 0 Å². The van der Waals surface area contributed by atoms with Gasteiger partial charge in [0, 0.05) is 17.8 Å². The summed E-state index contributed by atoms with van der Waals surface area (Å²) in [7, 11) is 0. The van der Waals surface area contributed by atoms with Crippen LogP contribution in [0.3, 0.4) is 0 Å². The standard InChI is InChI=1S/C21H28N2/c1-3-18(22)7-4-16(2)20-10-13-21(14-11-20,15-12-20)17-5-8-19(23)9-6-17/h3-6,8-9,22H,1,7,10-15,23H2,2H3/b16-4+,22-18?. The van der Waals surface area contributed by atoms with Crippen molar-refractivity contribution >= 4 is 11.4 Å². The number of nitrogens with two attached hydrogens (primary N) is 1. The summed E-state index contributed by atoms with van der Waals surface area (Å²) in [4.78, 5) is 0. The molecule has 0 aliphatic heterocycles.